The highest BCUT2D eigenvalue weighted by Gasteiger charge is 2.15. The normalized spacial score (nSPS) is 10.7. The molecule has 0 saturated heterocycles. The molecule has 0 saturated carbocycles. The predicted octanol–water partition coefficient (Wildman–Crippen LogP) is 4.10. The fourth-order valence-electron chi connectivity index (χ4n) is 2.67. The average Bonchev–Trinajstić information content (AvgIpc) is 2.70. The van der Waals surface area contributed by atoms with Crippen LogP contribution in [0.4, 0.5) is 0 Å². The Morgan fingerprint density at radius 2 is 1.81 bits per heavy atom. The van der Waals surface area contributed by atoms with Crippen LogP contribution in [0.25, 0.3) is 22.2 Å². The zero-order valence-electron chi connectivity index (χ0n) is 14.9. The Hall–Kier alpha value is -2.92. The van der Waals surface area contributed by atoms with Crippen LogP contribution in [0.3, 0.4) is 0 Å². The zero-order chi connectivity index (χ0) is 18.4. The van der Waals surface area contributed by atoms with Gasteiger partial charge in [-0.2, -0.15) is 0 Å². The van der Waals surface area contributed by atoms with Gasteiger partial charge in [0.15, 0.2) is 0 Å². The molecule has 0 radical (unpaired) electrons. The van der Waals surface area contributed by atoms with Crippen LogP contribution in [0.15, 0.2) is 54.6 Å². The van der Waals surface area contributed by atoms with Crippen molar-refractivity contribution < 1.29 is 19.0 Å². The molecule has 0 spiro atoms. The van der Waals surface area contributed by atoms with Gasteiger partial charge < -0.3 is 14.2 Å². The van der Waals surface area contributed by atoms with Crippen LogP contribution in [-0.2, 0) is 9.47 Å². The van der Waals surface area contributed by atoms with E-state index in [-0.39, 0.29) is 12.6 Å². The molecule has 0 fully saturated rings. The molecule has 5 nitrogen and oxygen atoms in total. The van der Waals surface area contributed by atoms with Crippen molar-refractivity contribution in [3.63, 3.8) is 0 Å². The number of hydrogen-bond acceptors (Lipinski definition) is 5. The highest BCUT2D eigenvalue weighted by molar-refractivity contribution is 6.04. The van der Waals surface area contributed by atoms with Gasteiger partial charge in [0.2, 0.25) is 0 Å². The minimum absolute atomic E-state index is 0.223. The predicted molar refractivity (Wildman–Crippen MR) is 101 cm³/mol. The Kier molecular flexibility index (Phi) is 5.81. The molecule has 0 bridgehead atoms. The highest BCUT2D eigenvalue weighted by atomic mass is 16.6. The highest BCUT2D eigenvalue weighted by Crippen LogP contribution is 2.26. The number of carbonyl (C=O) groups is 1. The second-order valence-electron chi connectivity index (χ2n) is 5.63. The first-order valence-electron chi connectivity index (χ1n) is 8.52. The van der Waals surface area contributed by atoms with E-state index in [4.69, 9.17) is 14.2 Å². The second-order valence-corrected chi connectivity index (χ2v) is 5.63. The molecule has 0 aliphatic rings. The number of methoxy groups -OCH3 is 1. The van der Waals surface area contributed by atoms with Gasteiger partial charge in [0, 0.05) is 17.6 Å². The molecule has 0 aliphatic heterocycles. The van der Waals surface area contributed by atoms with Gasteiger partial charge in [-0.1, -0.05) is 18.2 Å². The maximum atomic E-state index is 12.6. The molecule has 0 aliphatic carbocycles. The number of aromatic nitrogens is 1. The third-order valence-electron chi connectivity index (χ3n) is 3.99. The second kappa shape index (κ2) is 8.45. The van der Waals surface area contributed by atoms with Crippen molar-refractivity contribution in [3.8, 4) is 17.0 Å². The standard InChI is InChI=1S/C21H21NO4/c1-3-25-12-13-26-21(23)18-14-20(15-8-10-16(24-2)11-9-15)22-19-7-5-4-6-17(18)19/h4-11,14H,3,12-13H2,1-2H3. The smallest absolute Gasteiger partial charge is 0.338 e. The number of ether oxygens (including phenoxy) is 3. The molecule has 0 atom stereocenters. The fourth-order valence-corrected chi connectivity index (χ4v) is 2.67. The molecule has 0 N–H and O–H groups in total. The lowest BCUT2D eigenvalue weighted by molar-refractivity contribution is 0.0337. The summed E-state index contributed by atoms with van der Waals surface area (Å²) in [6.07, 6.45) is 0. The third-order valence-corrected chi connectivity index (χ3v) is 3.99. The molecular formula is C21H21NO4. The number of hydrogen-bond donors (Lipinski definition) is 0. The van der Waals surface area contributed by atoms with Crippen molar-refractivity contribution in [1.29, 1.82) is 0 Å². The van der Waals surface area contributed by atoms with Crippen LogP contribution in [0.5, 0.6) is 5.75 Å². The molecule has 0 amide bonds. The topological polar surface area (TPSA) is 57.7 Å². The fraction of sp³-hybridized carbons (Fsp3) is 0.238. The van der Waals surface area contributed by atoms with E-state index in [9.17, 15) is 4.79 Å². The van der Waals surface area contributed by atoms with Crippen LogP contribution >= 0.6 is 0 Å². The SMILES string of the molecule is CCOCCOC(=O)c1cc(-c2ccc(OC)cc2)nc2ccccc12. The molecule has 1 heterocycles. The summed E-state index contributed by atoms with van der Waals surface area (Å²) in [4.78, 5) is 17.3. The van der Waals surface area contributed by atoms with Gasteiger partial charge in [-0.05, 0) is 43.3 Å². The molecule has 3 rings (SSSR count). The maximum absolute atomic E-state index is 12.6. The van der Waals surface area contributed by atoms with E-state index in [1.807, 2.05) is 55.5 Å². The summed E-state index contributed by atoms with van der Waals surface area (Å²) in [5.74, 6) is 0.392. The number of fused-ring (bicyclic) bond motifs is 1. The van der Waals surface area contributed by atoms with Gasteiger partial charge in [-0.25, -0.2) is 9.78 Å². The summed E-state index contributed by atoms with van der Waals surface area (Å²) in [7, 11) is 1.62. The minimum atomic E-state index is -0.377. The van der Waals surface area contributed by atoms with Crippen LogP contribution in [0, 0.1) is 0 Å². The number of carbonyl (C=O) groups excluding carboxylic acids is 1. The Balaban J connectivity index is 1.96. The summed E-state index contributed by atoms with van der Waals surface area (Å²) < 4.78 is 15.8. The van der Waals surface area contributed by atoms with E-state index in [1.54, 1.807) is 13.2 Å². The summed E-state index contributed by atoms with van der Waals surface area (Å²) in [5, 5.41) is 0.770. The first-order valence-corrected chi connectivity index (χ1v) is 8.52. The van der Waals surface area contributed by atoms with Crippen LogP contribution in [0.1, 0.15) is 17.3 Å². The monoisotopic (exact) mass is 351 g/mol. The maximum Gasteiger partial charge on any atom is 0.338 e. The van der Waals surface area contributed by atoms with E-state index >= 15 is 0 Å². The zero-order valence-corrected chi connectivity index (χ0v) is 14.9. The lowest BCUT2D eigenvalue weighted by Gasteiger charge is -2.10. The van der Waals surface area contributed by atoms with Gasteiger partial charge >= 0.3 is 5.97 Å². The molecule has 1 aromatic heterocycles. The Morgan fingerprint density at radius 3 is 2.54 bits per heavy atom. The molecule has 5 heteroatoms. The number of nitrogens with zero attached hydrogens (tertiary/aromatic N) is 1. The molecule has 0 unspecified atom stereocenters. The molecule has 2 aromatic carbocycles. The lowest BCUT2D eigenvalue weighted by Crippen LogP contribution is -2.11. The number of esters is 1. The van der Waals surface area contributed by atoms with E-state index in [2.05, 4.69) is 4.98 Å². The van der Waals surface area contributed by atoms with Crippen LogP contribution < -0.4 is 4.74 Å². The van der Waals surface area contributed by atoms with E-state index in [1.165, 1.54) is 0 Å². The Labute approximate surface area is 152 Å². The summed E-state index contributed by atoms with van der Waals surface area (Å²) >= 11 is 0. The largest absolute Gasteiger partial charge is 0.497 e. The van der Waals surface area contributed by atoms with Gasteiger partial charge in [0.1, 0.15) is 12.4 Å². The summed E-state index contributed by atoms with van der Waals surface area (Å²) in [5.41, 5.74) is 2.86. The van der Waals surface area contributed by atoms with Crippen molar-refractivity contribution in [2.24, 2.45) is 0 Å². The van der Waals surface area contributed by atoms with Gasteiger partial charge in [-0.15, -0.1) is 0 Å². The van der Waals surface area contributed by atoms with E-state index in [0.29, 0.717) is 24.5 Å². The number of rotatable bonds is 7. The minimum Gasteiger partial charge on any atom is -0.497 e. The molecule has 26 heavy (non-hydrogen) atoms. The van der Waals surface area contributed by atoms with E-state index in [0.717, 1.165) is 22.2 Å². The van der Waals surface area contributed by atoms with Gasteiger partial charge in [0.25, 0.3) is 0 Å². The van der Waals surface area contributed by atoms with Crippen molar-refractivity contribution in [1.82, 2.24) is 4.98 Å². The molecule has 134 valence electrons. The van der Waals surface area contributed by atoms with Crippen molar-refractivity contribution in [3.05, 3.63) is 60.2 Å². The molecule has 3 aromatic rings. The van der Waals surface area contributed by atoms with Crippen molar-refractivity contribution >= 4 is 16.9 Å². The Bertz CT molecular complexity index is 890. The summed E-state index contributed by atoms with van der Waals surface area (Å²) in [6.45, 7) is 3.11. The average molecular weight is 351 g/mol. The van der Waals surface area contributed by atoms with Crippen LogP contribution in [0.2, 0.25) is 0 Å². The first-order chi connectivity index (χ1) is 12.7. The van der Waals surface area contributed by atoms with Gasteiger partial charge in [0.05, 0.1) is 30.5 Å². The number of para-hydroxylation sites is 1. The van der Waals surface area contributed by atoms with Crippen molar-refractivity contribution in [2.75, 3.05) is 26.9 Å². The molecular weight excluding hydrogens is 330 g/mol. The number of benzene rings is 2. The third kappa shape index (κ3) is 4.00. The number of pyridine rings is 1. The van der Waals surface area contributed by atoms with Crippen LogP contribution in [-0.4, -0.2) is 37.9 Å². The van der Waals surface area contributed by atoms with E-state index < -0.39 is 0 Å². The summed E-state index contributed by atoms with van der Waals surface area (Å²) in [6, 6.07) is 16.9. The Morgan fingerprint density at radius 1 is 1.04 bits per heavy atom. The lowest BCUT2D eigenvalue weighted by atomic mass is 10.0. The quantitative estimate of drug-likeness (QED) is 0.474. The van der Waals surface area contributed by atoms with Gasteiger partial charge in [-0.3, -0.25) is 0 Å². The van der Waals surface area contributed by atoms with Crippen molar-refractivity contribution in [2.45, 2.75) is 6.92 Å². The first kappa shape index (κ1) is 17.9.